The van der Waals surface area contributed by atoms with Gasteiger partial charge in [-0.05, 0) is 67.1 Å². The van der Waals surface area contributed by atoms with E-state index < -0.39 is 18.0 Å². The molecule has 1 unspecified atom stereocenters. The molecule has 40 heavy (non-hydrogen) atoms. The van der Waals surface area contributed by atoms with Crippen LogP contribution in [0.4, 0.5) is 21.0 Å². The zero-order valence-electron chi connectivity index (χ0n) is 22.9. The number of urea groups is 2. The van der Waals surface area contributed by atoms with Crippen LogP contribution in [0.3, 0.4) is 0 Å². The van der Waals surface area contributed by atoms with Crippen molar-refractivity contribution in [2.45, 2.75) is 37.6 Å². The third-order valence-corrected chi connectivity index (χ3v) is 7.17. The number of hydrogen-bond donors (Lipinski definition) is 3. The highest BCUT2D eigenvalue weighted by Crippen LogP contribution is 2.37. The molecule has 1 aliphatic rings. The van der Waals surface area contributed by atoms with E-state index in [1.807, 2.05) is 66.9 Å². The van der Waals surface area contributed by atoms with E-state index in [-0.39, 0.29) is 12.6 Å². The van der Waals surface area contributed by atoms with E-state index >= 15 is 0 Å². The van der Waals surface area contributed by atoms with E-state index in [0.29, 0.717) is 34.8 Å². The first kappa shape index (κ1) is 28.8. The Labute approximate surface area is 239 Å². The van der Waals surface area contributed by atoms with Gasteiger partial charge in [0, 0.05) is 22.8 Å². The standard InChI is InChI=1S/C31H34N4O4S/c1-4-6-19-35-28(21-11-8-7-9-12-21)26(29(36)39-5-2)27(34-31(35)38)22-13-10-14-24(20-22)33-30(37)32-23-15-17-25(40-3)18-16-23/h7-18,20,27H,4-6,19H2,1-3H3,(H,34,38)(H2,32,33,37). The fourth-order valence-electron chi connectivity index (χ4n) is 4.53. The van der Waals surface area contributed by atoms with E-state index in [1.54, 1.807) is 41.8 Å². The van der Waals surface area contributed by atoms with Crippen molar-refractivity contribution in [1.82, 2.24) is 10.2 Å². The lowest BCUT2D eigenvalue weighted by molar-refractivity contribution is -0.138. The number of carbonyl (C=O) groups is 3. The SMILES string of the molecule is CCCCN1C(=O)NC(c2cccc(NC(=O)Nc3ccc(SC)cc3)c2)C(C(=O)OCC)=C1c1ccccc1. The molecule has 1 atom stereocenters. The largest absolute Gasteiger partial charge is 0.463 e. The Hall–Kier alpha value is -4.24. The van der Waals surface area contributed by atoms with Crippen LogP contribution in [-0.2, 0) is 9.53 Å². The first-order valence-corrected chi connectivity index (χ1v) is 14.5. The molecule has 1 heterocycles. The van der Waals surface area contributed by atoms with Gasteiger partial charge in [-0.25, -0.2) is 14.4 Å². The quantitative estimate of drug-likeness (QED) is 0.186. The van der Waals surface area contributed by atoms with Crippen LogP contribution in [0, 0.1) is 0 Å². The molecule has 3 aromatic carbocycles. The molecule has 0 bridgehead atoms. The zero-order chi connectivity index (χ0) is 28.5. The first-order chi connectivity index (χ1) is 19.4. The topological polar surface area (TPSA) is 99.8 Å². The highest BCUT2D eigenvalue weighted by molar-refractivity contribution is 7.98. The third kappa shape index (κ3) is 6.84. The van der Waals surface area contributed by atoms with Crippen molar-refractivity contribution in [2.24, 2.45) is 0 Å². The van der Waals surface area contributed by atoms with Crippen molar-refractivity contribution in [2.75, 3.05) is 30.0 Å². The molecule has 208 valence electrons. The smallest absolute Gasteiger partial charge is 0.338 e. The first-order valence-electron chi connectivity index (χ1n) is 13.3. The van der Waals surface area contributed by atoms with Crippen molar-refractivity contribution in [3.8, 4) is 0 Å². The summed E-state index contributed by atoms with van der Waals surface area (Å²) < 4.78 is 5.49. The number of nitrogens with zero attached hydrogens (tertiary/aromatic N) is 1. The molecular formula is C31H34N4O4S. The van der Waals surface area contributed by atoms with Crippen LogP contribution in [0.1, 0.15) is 43.9 Å². The average Bonchev–Trinajstić information content (AvgIpc) is 2.97. The molecule has 0 saturated carbocycles. The molecule has 4 amide bonds. The van der Waals surface area contributed by atoms with Gasteiger partial charge in [0.1, 0.15) is 0 Å². The number of benzene rings is 3. The number of rotatable bonds is 10. The van der Waals surface area contributed by atoms with Crippen LogP contribution < -0.4 is 16.0 Å². The summed E-state index contributed by atoms with van der Waals surface area (Å²) in [6.07, 6.45) is 3.66. The van der Waals surface area contributed by atoms with Gasteiger partial charge in [0.2, 0.25) is 0 Å². The summed E-state index contributed by atoms with van der Waals surface area (Å²) >= 11 is 1.62. The van der Waals surface area contributed by atoms with Crippen molar-refractivity contribution >= 4 is 46.9 Å². The van der Waals surface area contributed by atoms with Gasteiger partial charge >= 0.3 is 18.0 Å². The maximum Gasteiger partial charge on any atom is 0.338 e. The Balaban J connectivity index is 1.69. The lowest BCUT2D eigenvalue weighted by Gasteiger charge is -2.37. The lowest BCUT2D eigenvalue weighted by atomic mass is 9.91. The fraction of sp³-hybridized carbons (Fsp3) is 0.258. The van der Waals surface area contributed by atoms with Crippen LogP contribution in [0.2, 0.25) is 0 Å². The number of thioether (sulfide) groups is 1. The van der Waals surface area contributed by atoms with E-state index in [1.165, 1.54) is 0 Å². The third-order valence-electron chi connectivity index (χ3n) is 6.43. The van der Waals surface area contributed by atoms with Gasteiger partial charge in [0.05, 0.1) is 23.9 Å². The summed E-state index contributed by atoms with van der Waals surface area (Å²) in [5.41, 5.74) is 3.45. The summed E-state index contributed by atoms with van der Waals surface area (Å²) in [6, 6.07) is 22.6. The predicted octanol–water partition coefficient (Wildman–Crippen LogP) is 6.89. The molecule has 0 radical (unpaired) electrons. The summed E-state index contributed by atoms with van der Waals surface area (Å²) in [6.45, 7) is 4.46. The molecule has 1 aliphatic heterocycles. The molecule has 9 heteroatoms. The Bertz CT molecular complexity index is 1380. The highest BCUT2D eigenvalue weighted by atomic mass is 32.2. The number of unbranched alkanes of at least 4 members (excludes halogenated alkanes) is 1. The second-order valence-corrected chi connectivity index (χ2v) is 10.0. The van der Waals surface area contributed by atoms with Crippen LogP contribution in [0.25, 0.3) is 5.70 Å². The number of carbonyl (C=O) groups excluding carboxylic acids is 3. The monoisotopic (exact) mass is 558 g/mol. The van der Waals surface area contributed by atoms with Crippen LogP contribution in [-0.4, -0.2) is 42.3 Å². The molecule has 0 aliphatic carbocycles. The number of ether oxygens (including phenoxy) is 1. The minimum atomic E-state index is -0.775. The van der Waals surface area contributed by atoms with E-state index in [2.05, 4.69) is 22.9 Å². The number of nitrogens with one attached hydrogen (secondary N) is 3. The summed E-state index contributed by atoms with van der Waals surface area (Å²) in [7, 11) is 0. The number of hydrogen-bond acceptors (Lipinski definition) is 5. The molecule has 3 aromatic rings. The molecule has 0 aromatic heterocycles. The number of anilines is 2. The van der Waals surface area contributed by atoms with Gasteiger partial charge in [-0.1, -0.05) is 55.8 Å². The molecule has 8 nitrogen and oxygen atoms in total. The van der Waals surface area contributed by atoms with Crippen LogP contribution in [0.5, 0.6) is 0 Å². The van der Waals surface area contributed by atoms with Crippen LogP contribution in [0.15, 0.2) is 89.3 Å². The van der Waals surface area contributed by atoms with Crippen molar-refractivity contribution in [1.29, 1.82) is 0 Å². The van der Waals surface area contributed by atoms with Gasteiger partial charge in [-0.15, -0.1) is 11.8 Å². The summed E-state index contributed by atoms with van der Waals surface area (Å²) in [5, 5.41) is 8.68. The maximum absolute atomic E-state index is 13.5. The highest BCUT2D eigenvalue weighted by Gasteiger charge is 2.38. The lowest BCUT2D eigenvalue weighted by Crippen LogP contribution is -2.48. The van der Waals surface area contributed by atoms with Gasteiger partial charge < -0.3 is 20.7 Å². The maximum atomic E-state index is 13.5. The molecular weight excluding hydrogens is 524 g/mol. The number of amides is 4. The molecule has 4 rings (SSSR count). The average molecular weight is 559 g/mol. The second-order valence-electron chi connectivity index (χ2n) is 9.17. The van der Waals surface area contributed by atoms with Crippen LogP contribution >= 0.6 is 11.8 Å². The number of esters is 1. The van der Waals surface area contributed by atoms with Gasteiger partial charge in [0.15, 0.2) is 0 Å². The van der Waals surface area contributed by atoms with E-state index in [4.69, 9.17) is 4.74 Å². The fourth-order valence-corrected chi connectivity index (χ4v) is 4.94. The molecule has 0 spiro atoms. The zero-order valence-corrected chi connectivity index (χ0v) is 23.7. The van der Waals surface area contributed by atoms with Gasteiger partial charge in [-0.2, -0.15) is 0 Å². The minimum Gasteiger partial charge on any atom is -0.463 e. The Morgan fingerprint density at radius 1 is 0.950 bits per heavy atom. The minimum absolute atomic E-state index is 0.194. The Kier molecular flexibility index (Phi) is 9.86. The normalized spacial score (nSPS) is 14.9. The second kappa shape index (κ2) is 13.7. The van der Waals surface area contributed by atoms with E-state index in [9.17, 15) is 14.4 Å². The molecule has 0 saturated heterocycles. The van der Waals surface area contributed by atoms with Crippen molar-refractivity contribution in [3.05, 3.63) is 95.6 Å². The molecule has 3 N–H and O–H groups in total. The predicted molar refractivity (Wildman–Crippen MR) is 160 cm³/mol. The van der Waals surface area contributed by atoms with E-state index in [0.717, 1.165) is 23.3 Å². The Morgan fingerprint density at radius 3 is 2.35 bits per heavy atom. The Morgan fingerprint density at radius 2 is 1.68 bits per heavy atom. The van der Waals surface area contributed by atoms with Crippen molar-refractivity contribution < 1.29 is 19.1 Å². The van der Waals surface area contributed by atoms with Crippen molar-refractivity contribution in [3.63, 3.8) is 0 Å². The molecule has 0 fully saturated rings. The van der Waals surface area contributed by atoms with Gasteiger partial charge in [0.25, 0.3) is 0 Å². The van der Waals surface area contributed by atoms with Gasteiger partial charge in [-0.3, -0.25) is 4.90 Å². The summed E-state index contributed by atoms with van der Waals surface area (Å²) in [5.74, 6) is -0.502. The summed E-state index contributed by atoms with van der Waals surface area (Å²) in [4.78, 5) is 42.4.